The average molecular weight is 422 g/mol. The number of rotatable bonds is 7. The second kappa shape index (κ2) is 9.45. The molecule has 1 aliphatic heterocycles. The fraction of sp³-hybridized carbons (Fsp3) is 0.348. The molecule has 6 nitrogen and oxygen atoms in total. The Hall–Kier alpha value is -2.64. The first kappa shape index (κ1) is 20.6. The molecule has 1 aromatic heterocycles. The quantitative estimate of drug-likeness (QED) is 0.593. The molecule has 3 aromatic rings. The van der Waals surface area contributed by atoms with Gasteiger partial charge in [0.05, 0.1) is 5.75 Å². The van der Waals surface area contributed by atoms with E-state index in [1.807, 2.05) is 35.9 Å². The van der Waals surface area contributed by atoms with E-state index in [1.165, 1.54) is 17.3 Å². The van der Waals surface area contributed by atoms with Crippen LogP contribution < -0.4 is 5.32 Å². The molecule has 0 bridgehead atoms. The number of aryl methyl sites for hydroxylation is 1. The highest BCUT2D eigenvalue weighted by Gasteiger charge is 2.24. The van der Waals surface area contributed by atoms with Crippen molar-refractivity contribution in [3.63, 3.8) is 0 Å². The largest absolute Gasteiger partial charge is 0.351 e. The number of amides is 1. The first-order chi connectivity index (χ1) is 14.6. The lowest BCUT2D eigenvalue weighted by atomic mass is 10.1. The van der Waals surface area contributed by atoms with Gasteiger partial charge in [0.1, 0.15) is 0 Å². The van der Waals surface area contributed by atoms with Crippen LogP contribution in [0.3, 0.4) is 0 Å². The molecule has 1 aliphatic rings. The number of nitrogens with zero attached hydrogens (tertiary/aromatic N) is 4. The number of aromatic nitrogens is 3. The van der Waals surface area contributed by atoms with Gasteiger partial charge in [0, 0.05) is 38.3 Å². The Bertz CT molecular complexity index is 1000. The van der Waals surface area contributed by atoms with Gasteiger partial charge in [-0.3, -0.25) is 9.69 Å². The van der Waals surface area contributed by atoms with Gasteiger partial charge in [0.15, 0.2) is 11.0 Å². The van der Waals surface area contributed by atoms with Crippen molar-refractivity contribution in [3.8, 4) is 11.4 Å². The average Bonchev–Trinajstić information content (AvgIpc) is 3.34. The monoisotopic (exact) mass is 421 g/mol. The summed E-state index contributed by atoms with van der Waals surface area (Å²) in [4.78, 5) is 14.9. The van der Waals surface area contributed by atoms with E-state index in [2.05, 4.69) is 57.7 Å². The van der Waals surface area contributed by atoms with Crippen LogP contribution in [-0.4, -0.2) is 50.5 Å². The summed E-state index contributed by atoms with van der Waals surface area (Å²) in [7, 11) is 1.94. The molecule has 0 spiro atoms. The van der Waals surface area contributed by atoms with E-state index in [0.717, 1.165) is 48.2 Å². The number of hydrogen-bond donors (Lipinski definition) is 1. The van der Waals surface area contributed by atoms with Crippen molar-refractivity contribution in [2.75, 3.05) is 18.8 Å². The highest BCUT2D eigenvalue weighted by atomic mass is 32.2. The fourth-order valence-corrected chi connectivity index (χ4v) is 4.56. The maximum atomic E-state index is 12.5. The van der Waals surface area contributed by atoms with Gasteiger partial charge in [-0.25, -0.2) is 0 Å². The minimum atomic E-state index is 0.0482. The molecule has 1 fully saturated rings. The molecule has 0 radical (unpaired) electrons. The van der Waals surface area contributed by atoms with Gasteiger partial charge in [-0.2, -0.15) is 0 Å². The van der Waals surface area contributed by atoms with E-state index in [9.17, 15) is 4.79 Å². The van der Waals surface area contributed by atoms with Crippen molar-refractivity contribution in [1.29, 1.82) is 0 Å². The lowest BCUT2D eigenvalue weighted by molar-refractivity contribution is -0.119. The Morgan fingerprint density at radius 3 is 2.70 bits per heavy atom. The first-order valence-corrected chi connectivity index (χ1v) is 11.2. The summed E-state index contributed by atoms with van der Waals surface area (Å²) in [6.07, 6.45) is 0.991. The maximum absolute atomic E-state index is 12.5. The molecule has 0 unspecified atom stereocenters. The minimum absolute atomic E-state index is 0.0482. The number of likely N-dealkylation sites (tertiary alicyclic amines) is 1. The number of benzene rings is 2. The summed E-state index contributed by atoms with van der Waals surface area (Å²) in [6, 6.07) is 18.8. The summed E-state index contributed by atoms with van der Waals surface area (Å²) in [5.74, 6) is 1.21. The zero-order chi connectivity index (χ0) is 20.9. The second-order valence-electron chi connectivity index (χ2n) is 7.74. The van der Waals surface area contributed by atoms with Crippen LogP contribution in [-0.2, 0) is 18.4 Å². The van der Waals surface area contributed by atoms with Crippen LogP contribution in [0.5, 0.6) is 0 Å². The number of carbonyl (C=O) groups excluding carboxylic acids is 1. The van der Waals surface area contributed by atoms with E-state index >= 15 is 0 Å². The second-order valence-corrected chi connectivity index (χ2v) is 8.69. The summed E-state index contributed by atoms with van der Waals surface area (Å²) in [5.41, 5.74) is 3.53. The van der Waals surface area contributed by atoms with Gasteiger partial charge in [0.25, 0.3) is 0 Å². The zero-order valence-corrected chi connectivity index (χ0v) is 18.2. The molecule has 1 atom stereocenters. The van der Waals surface area contributed by atoms with Crippen molar-refractivity contribution in [2.24, 2.45) is 7.05 Å². The molecule has 7 heteroatoms. The maximum Gasteiger partial charge on any atom is 0.230 e. The van der Waals surface area contributed by atoms with Gasteiger partial charge >= 0.3 is 0 Å². The van der Waals surface area contributed by atoms with Gasteiger partial charge in [-0.15, -0.1) is 10.2 Å². The summed E-state index contributed by atoms with van der Waals surface area (Å²) < 4.78 is 1.96. The van der Waals surface area contributed by atoms with Crippen molar-refractivity contribution < 1.29 is 4.79 Å². The molecule has 0 saturated carbocycles. The molecular formula is C23H27N5OS. The Labute approximate surface area is 181 Å². The van der Waals surface area contributed by atoms with Crippen LogP contribution in [0, 0.1) is 6.92 Å². The van der Waals surface area contributed by atoms with E-state index in [0.29, 0.717) is 5.75 Å². The Morgan fingerprint density at radius 1 is 1.13 bits per heavy atom. The number of thioether (sulfide) groups is 1. The number of nitrogens with one attached hydrogen (secondary N) is 1. The van der Waals surface area contributed by atoms with Crippen molar-refractivity contribution in [3.05, 3.63) is 65.7 Å². The highest BCUT2D eigenvalue weighted by molar-refractivity contribution is 7.99. The Balaban J connectivity index is 1.27. The number of hydrogen-bond acceptors (Lipinski definition) is 5. The fourth-order valence-electron chi connectivity index (χ4n) is 3.83. The molecule has 156 valence electrons. The normalized spacial score (nSPS) is 16.7. The molecule has 1 saturated heterocycles. The van der Waals surface area contributed by atoms with E-state index in [1.54, 1.807) is 0 Å². The summed E-state index contributed by atoms with van der Waals surface area (Å²) in [5, 5.41) is 12.5. The van der Waals surface area contributed by atoms with E-state index < -0.39 is 0 Å². The van der Waals surface area contributed by atoms with Gasteiger partial charge in [0.2, 0.25) is 5.91 Å². The SMILES string of the molecule is Cc1ccccc1-c1nnc(SCC(=O)N[C@H]2CCN(Cc3ccccc3)C2)n1C. The Morgan fingerprint density at radius 2 is 1.90 bits per heavy atom. The van der Waals surface area contributed by atoms with Crippen LogP contribution in [0.2, 0.25) is 0 Å². The molecule has 1 amide bonds. The third kappa shape index (κ3) is 4.91. The minimum Gasteiger partial charge on any atom is -0.351 e. The lowest BCUT2D eigenvalue weighted by Crippen LogP contribution is -2.38. The predicted octanol–water partition coefficient (Wildman–Crippen LogP) is 3.27. The van der Waals surface area contributed by atoms with Crippen LogP contribution in [0.1, 0.15) is 17.5 Å². The summed E-state index contributed by atoms with van der Waals surface area (Å²) in [6.45, 7) is 4.90. The summed E-state index contributed by atoms with van der Waals surface area (Å²) >= 11 is 1.43. The van der Waals surface area contributed by atoms with E-state index in [4.69, 9.17) is 0 Å². The Kier molecular flexibility index (Phi) is 6.50. The molecule has 0 aliphatic carbocycles. The van der Waals surface area contributed by atoms with Gasteiger partial charge in [-0.1, -0.05) is 66.4 Å². The highest BCUT2D eigenvalue weighted by Crippen LogP contribution is 2.25. The molecule has 1 N–H and O–H groups in total. The van der Waals surface area contributed by atoms with Crippen molar-refractivity contribution >= 4 is 17.7 Å². The lowest BCUT2D eigenvalue weighted by Gasteiger charge is -2.16. The molecule has 30 heavy (non-hydrogen) atoms. The molecule has 4 rings (SSSR count). The van der Waals surface area contributed by atoms with Gasteiger partial charge < -0.3 is 9.88 Å². The molecule has 2 aromatic carbocycles. The van der Waals surface area contributed by atoms with Crippen molar-refractivity contribution in [2.45, 2.75) is 31.1 Å². The topological polar surface area (TPSA) is 63.1 Å². The standard InChI is InChI=1S/C23H27N5OS/c1-17-8-6-7-11-20(17)22-25-26-23(27(22)2)30-16-21(29)24-19-12-13-28(15-19)14-18-9-4-3-5-10-18/h3-11,19H,12-16H2,1-2H3,(H,24,29)/t19-/m0/s1. The third-order valence-corrected chi connectivity index (χ3v) is 6.46. The van der Waals surface area contributed by atoms with Crippen LogP contribution >= 0.6 is 11.8 Å². The molecular weight excluding hydrogens is 394 g/mol. The first-order valence-electron chi connectivity index (χ1n) is 10.2. The smallest absolute Gasteiger partial charge is 0.230 e. The van der Waals surface area contributed by atoms with Crippen LogP contribution in [0.25, 0.3) is 11.4 Å². The van der Waals surface area contributed by atoms with Crippen molar-refractivity contribution in [1.82, 2.24) is 25.0 Å². The van der Waals surface area contributed by atoms with E-state index in [-0.39, 0.29) is 11.9 Å². The van der Waals surface area contributed by atoms with Crippen LogP contribution in [0.15, 0.2) is 59.8 Å². The van der Waals surface area contributed by atoms with Crippen LogP contribution in [0.4, 0.5) is 0 Å². The third-order valence-electron chi connectivity index (χ3n) is 5.44. The molecule has 2 heterocycles. The zero-order valence-electron chi connectivity index (χ0n) is 17.4. The van der Waals surface area contributed by atoms with Gasteiger partial charge in [-0.05, 0) is 24.5 Å². The predicted molar refractivity (Wildman–Crippen MR) is 120 cm³/mol. The number of carbonyl (C=O) groups is 1.